The smallest absolute Gasteiger partial charge is 0.292 e. The minimum Gasteiger partial charge on any atom is -0.363 e. The van der Waals surface area contributed by atoms with E-state index in [1.165, 1.54) is 30.3 Å². The Morgan fingerprint density at radius 2 is 1.54 bits per heavy atom. The second-order valence-electron chi connectivity index (χ2n) is 8.06. The molecular weight excluding hydrogens is 453 g/mol. The highest BCUT2D eigenvalue weighted by Crippen LogP contribution is 2.28. The number of rotatable bonds is 7. The van der Waals surface area contributed by atoms with Crippen LogP contribution in [0.4, 0.5) is 27.1 Å². The highest BCUT2D eigenvalue weighted by molar-refractivity contribution is 6.10. The predicted molar refractivity (Wildman–Crippen MR) is 131 cm³/mol. The van der Waals surface area contributed by atoms with Crippen molar-refractivity contribution in [2.75, 3.05) is 48.3 Å². The number of carbonyl (C=O) groups excluding carboxylic acids is 2. The number of piperazine rings is 1. The van der Waals surface area contributed by atoms with E-state index in [0.29, 0.717) is 43.2 Å². The molecule has 180 valence electrons. The molecule has 1 heterocycles. The Balaban J connectivity index is 1.34. The van der Waals surface area contributed by atoms with E-state index in [1.807, 2.05) is 9.80 Å². The van der Waals surface area contributed by atoms with E-state index < -0.39 is 16.6 Å². The zero-order valence-corrected chi connectivity index (χ0v) is 18.8. The Hall–Kier alpha value is -4.31. The summed E-state index contributed by atoms with van der Waals surface area (Å²) in [6.45, 7) is 2.35. The van der Waals surface area contributed by atoms with Gasteiger partial charge in [0.15, 0.2) is 0 Å². The van der Waals surface area contributed by atoms with Crippen molar-refractivity contribution in [2.24, 2.45) is 0 Å². The normalized spacial score (nSPS) is 13.8. The number of para-hydroxylation sites is 3. The molecule has 1 aliphatic rings. The van der Waals surface area contributed by atoms with Gasteiger partial charge in [0.1, 0.15) is 11.5 Å². The van der Waals surface area contributed by atoms with Crippen LogP contribution >= 0.6 is 0 Å². The molecule has 0 bridgehead atoms. The molecule has 2 N–H and O–H groups in total. The number of anilines is 3. The molecule has 1 saturated heterocycles. The van der Waals surface area contributed by atoms with Crippen LogP contribution < -0.4 is 15.5 Å². The average Bonchev–Trinajstić information content (AvgIpc) is 2.86. The fourth-order valence-corrected chi connectivity index (χ4v) is 3.95. The zero-order valence-electron chi connectivity index (χ0n) is 18.8. The van der Waals surface area contributed by atoms with Crippen LogP contribution in [-0.4, -0.2) is 54.4 Å². The second kappa shape index (κ2) is 10.7. The number of nitro groups is 1. The number of amides is 2. The van der Waals surface area contributed by atoms with Crippen LogP contribution in [0.5, 0.6) is 0 Å². The van der Waals surface area contributed by atoms with Gasteiger partial charge in [0.2, 0.25) is 5.91 Å². The highest BCUT2D eigenvalue weighted by atomic mass is 19.1. The summed E-state index contributed by atoms with van der Waals surface area (Å²) < 4.78 is 13.1. The van der Waals surface area contributed by atoms with E-state index in [-0.39, 0.29) is 23.7 Å². The van der Waals surface area contributed by atoms with Crippen LogP contribution in [0.2, 0.25) is 0 Å². The first-order chi connectivity index (χ1) is 16.9. The van der Waals surface area contributed by atoms with Crippen LogP contribution in [0.25, 0.3) is 0 Å². The fourth-order valence-electron chi connectivity index (χ4n) is 3.95. The first kappa shape index (κ1) is 23.8. The fraction of sp³-hybridized carbons (Fsp3) is 0.200. The van der Waals surface area contributed by atoms with Crippen LogP contribution in [0.15, 0.2) is 72.8 Å². The van der Waals surface area contributed by atoms with Crippen molar-refractivity contribution >= 4 is 34.6 Å². The number of carbonyl (C=O) groups is 2. The monoisotopic (exact) mass is 477 g/mol. The van der Waals surface area contributed by atoms with Gasteiger partial charge in [0, 0.05) is 37.9 Å². The summed E-state index contributed by atoms with van der Waals surface area (Å²) in [7, 11) is 0. The Bertz CT molecular complexity index is 1230. The van der Waals surface area contributed by atoms with Gasteiger partial charge in [-0.25, -0.2) is 4.39 Å². The van der Waals surface area contributed by atoms with Crippen molar-refractivity contribution < 1.29 is 18.9 Å². The van der Waals surface area contributed by atoms with Crippen LogP contribution in [-0.2, 0) is 4.79 Å². The SMILES string of the molecule is O=C(CN1CCN(c2ccccc2[N+](=O)[O-])CC1)Nc1ccccc1C(=O)Nc1ccc(F)cc1. The van der Waals surface area contributed by atoms with E-state index in [1.54, 1.807) is 42.5 Å². The average molecular weight is 477 g/mol. The molecule has 0 saturated carbocycles. The van der Waals surface area contributed by atoms with Gasteiger partial charge in [-0.2, -0.15) is 0 Å². The number of nitrogens with zero attached hydrogens (tertiary/aromatic N) is 3. The number of hydrogen-bond acceptors (Lipinski definition) is 6. The van der Waals surface area contributed by atoms with Crippen molar-refractivity contribution in [3.8, 4) is 0 Å². The maximum absolute atomic E-state index is 13.1. The summed E-state index contributed by atoms with van der Waals surface area (Å²) in [6, 6.07) is 18.7. The van der Waals surface area contributed by atoms with E-state index in [0.717, 1.165) is 0 Å². The summed E-state index contributed by atoms with van der Waals surface area (Å²) in [5.41, 5.74) is 1.73. The third kappa shape index (κ3) is 5.98. The predicted octanol–water partition coefficient (Wildman–Crippen LogP) is 3.75. The molecule has 9 nitrogen and oxygen atoms in total. The molecule has 0 radical (unpaired) electrons. The van der Waals surface area contributed by atoms with E-state index >= 15 is 0 Å². The molecule has 1 fully saturated rings. The molecule has 2 amide bonds. The molecular formula is C25H24FN5O4. The first-order valence-electron chi connectivity index (χ1n) is 11.1. The topological polar surface area (TPSA) is 108 Å². The van der Waals surface area contributed by atoms with Crippen molar-refractivity contribution in [2.45, 2.75) is 0 Å². The van der Waals surface area contributed by atoms with Gasteiger partial charge in [0.25, 0.3) is 11.6 Å². The lowest BCUT2D eigenvalue weighted by Crippen LogP contribution is -2.48. The van der Waals surface area contributed by atoms with Gasteiger partial charge in [-0.3, -0.25) is 24.6 Å². The van der Waals surface area contributed by atoms with Gasteiger partial charge in [-0.05, 0) is 42.5 Å². The third-order valence-corrected chi connectivity index (χ3v) is 5.71. The van der Waals surface area contributed by atoms with Crippen LogP contribution in [0.1, 0.15) is 10.4 Å². The summed E-state index contributed by atoms with van der Waals surface area (Å²) >= 11 is 0. The Morgan fingerprint density at radius 1 is 0.886 bits per heavy atom. The number of nitro benzene ring substituents is 1. The molecule has 0 unspecified atom stereocenters. The van der Waals surface area contributed by atoms with Gasteiger partial charge >= 0.3 is 0 Å². The summed E-state index contributed by atoms with van der Waals surface area (Å²) in [5.74, 6) is -1.10. The maximum atomic E-state index is 13.1. The number of hydrogen-bond donors (Lipinski definition) is 2. The Kier molecular flexibility index (Phi) is 7.32. The van der Waals surface area contributed by atoms with Gasteiger partial charge < -0.3 is 15.5 Å². The zero-order chi connectivity index (χ0) is 24.8. The van der Waals surface area contributed by atoms with E-state index in [2.05, 4.69) is 10.6 Å². The summed E-state index contributed by atoms with van der Waals surface area (Å²) in [5, 5.41) is 16.8. The maximum Gasteiger partial charge on any atom is 0.292 e. The molecule has 0 atom stereocenters. The Morgan fingerprint density at radius 3 is 2.26 bits per heavy atom. The van der Waals surface area contributed by atoms with Gasteiger partial charge in [-0.1, -0.05) is 24.3 Å². The largest absolute Gasteiger partial charge is 0.363 e. The van der Waals surface area contributed by atoms with Crippen molar-refractivity contribution in [3.63, 3.8) is 0 Å². The van der Waals surface area contributed by atoms with Crippen LogP contribution in [0, 0.1) is 15.9 Å². The molecule has 35 heavy (non-hydrogen) atoms. The van der Waals surface area contributed by atoms with Crippen LogP contribution in [0.3, 0.4) is 0 Å². The standard InChI is InChI=1S/C25H24FN5O4/c26-18-9-11-19(12-10-18)27-25(33)20-5-1-2-6-21(20)28-24(32)17-29-13-15-30(16-14-29)22-7-3-4-8-23(22)31(34)35/h1-12H,13-17H2,(H,27,33)(H,28,32). The summed E-state index contributed by atoms with van der Waals surface area (Å²) in [4.78, 5) is 40.3. The lowest BCUT2D eigenvalue weighted by Gasteiger charge is -2.35. The first-order valence-corrected chi connectivity index (χ1v) is 11.1. The van der Waals surface area contributed by atoms with E-state index in [9.17, 15) is 24.1 Å². The molecule has 10 heteroatoms. The van der Waals surface area contributed by atoms with Gasteiger partial charge in [-0.15, -0.1) is 0 Å². The minimum absolute atomic E-state index is 0.0641. The number of benzene rings is 3. The lowest BCUT2D eigenvalue weighted by atomic mass is 10.1. The molecule has 1 aliphatic heterocycles. The third-order valence-electron chi connectivity index (χ3n) is 5.71. The number of halogens is 1. The highest BCUT2D eigenvalue weighted by Gasteiger charge is 2.24. The lowest BCUT2D eigenvalue weighted by molar-refractivity contribution is -0.384. The molecule has 3 aromatic carbocycles. The second-order valence-corrected chi connectivity index (χ2v) is 8.06. The van der Waals surface area contributed by atoms with Crippen molar-refractivity contribution in [1.29, 1.82) is 0 Å². The van der Waals surface area contributed by atoms with Gasteiger partial charge in [0.05, 0.1) is 22.7 Å². The van der Waals surface area contributed by atoms with E-state index in [4.69, 9.17) is 0 Å². The summed E-state index contributed by atoms with van der Waals surface area (Å²) in [6.07, 6.45) is 0. The minimum atomic E-state index is -0.425. The number of nitrogens with one attached hydrogen (secondary N) is 2. The quantitative estimate of drug-likeness (QED) is 0.397. The Labute approximate surface area is 201 Å². The molecule has 0 aromatic heterocycles. The van der Waals surface area contributed by atoms with Crippen molar-refractivity contribution in [1.82, 2.24) is 4.90 Å². The molecule has 0 spiro atoms. The molecule has 4 rings (SSSR count). The van der Waals surface area contributed by atoms with Crippen molar-refractivity contribution in [3.05, 3.63) is 94.3 Å². The molecule has 3 aromatic rings. The molecule has 0 aliphatic carbocycles.